The molecule has 0 aliphatic heterocycles. The molecule has 2 aromatic rings. The second-order valence-electron chi connectivity index (χ2n) is 9.70. The molecule has 0 spiro atoms. The zero-order valence-corrected chi connectivity index (χ0v) is 19.9. The van der Waals surface area contributed by atoms with Gasteiger partial charge in [0.1, 0.15) is 11.9 Å². The summed E-state index contributed by atoms with van der Waals surface area (Å²) in [5.74, 6) is -2.51. The van der Waals surface area contributed by atoms with Crippen molar-refractivity contribution in [1.29, 1.82) is 0 Å². The van der Waals surface area contributed by atoms with Crippen molar-refractivity contribution in [2.24, 2.45) is 17.6 Å². The van der Waals surface area contributed by atoms with E-state index in [4.69, 9.17) is 5.73 Å². The molecule has 33 heavy (non-hydrogen) atoms. The lowest BCUT2D eigenvalue weighted by molar-refractivity contribution is -0.125. The van der Waals surface area contributed by atoms with E-state index in [2.05, 4.69) is 31.4 Å². The van der Waals surface area contributed by atoms with E-state index in [9.17, 15) is 18.8 Å². The molecule has 178 valence electrons. The lowest BCUT2D eigenvalue weighted by Gasteiger charge is -2.23. The molecule has 0 heterocycles. The van der Waals surface area contributed by atoms with E-state index in [-0.39, 0.29) is 36.0 Å². The van der Waals surface area contributed by atoms with Gasteiger partial charge in [-0.25, -0.2) is 4.39 Å². The van der Waals surface area contributed by atoms with Gasteiger partial charge in [0.2, 0.25) is 11.8 Å². The number of halogens is 1. The monoisotopic (exact) mass is 455 g/mol. The first-order valence-corrected chi connectivity index (χ1v) is 11.1. The Labute approximate surface area is 195 Å². The molecule has 0 aliphatic rings. The first-order valence-electron chi connectivity index (χ1n) is 11.1. The van der Waals surface area contributed by atoms with Crippen LogP contribution in [0.3, 0.4) is 0 Å². The van der Waals surface area contributed by atoms with Gasteiger partial charge in [-0.2, -0.15) is 0 Å². The molecule has 7 heteroatoms. The Morgan fingerprint density at radius 3 is 2.03 bits per heavy atom. The Bertz CT molecular complexity index is 964. The second-order valence-corrected chi connectivity index (χ2v) is 9.70. The number of nitrogens with one attached hydrogen (secondary N) is 2. The van der Waals surface area contributed by atoms with Crippen LogP contribution in [0.1, 0.15) is 56.1 Å². The highest BCUT2D eigenvalue weighted by atomic mass is 19.1. The van der Waals surface area contributed by atoms with Crippen LogP contribution in [-0.4, -0.2) is 30.3 Å². The Morgan fingerprint density at radius 1 is 0.970 bits per heavy atom. The third-order valence-electron chi connectivity index (χ3n) is 5.57. The SMILES string of the molecule is CC(C)C(NC(=O)c1ccc(C(C)(C)C)cc1)C(=O)NCC(Cc1ccc(F)cc1)C(N)=O. The number of primary amides is 1. The Kier molecular flexibility index (Phi) is 8.74. The van der Waals surface area contributed by atoms with Crippen LogP contribution in [0.25, 0.3) is 0 Å². The zero-order chi connectivity index (χ0) is 24.8. The number of hydrogen-bond donors (Lipinski definition) is 3. The van der Waals surface area contributed by atoms with Gasteiger partial charge in [0, 0.05) is 12.1 Å². The highest BCUT2D eigenvalue weighted by Crippen LogP contribution is 2.22. The molecule has 3 amide bonds. The van der Waals surface area contributed by atoms with E-state index < -0.39 is 23.8 Å². The summed E-state index contributed by atoms with van der Waals surface area (Å²) >= 11 is 0. The molecule has 2 atom stereocenters. The van der Waals surface area contributed by atoms with Crippen molar-refractivity contribution in [3.8, 4) is 0 Å². The van der Waals surface area contributed by atoms with Crippen molar-refractivity contribution in [3.05, 3.63) is 71.0 Å². The Morgan fingerprint density at radius 2 is 1.55 bits per heavy atom. The lowest BCUT2D eigenvalue weighted by atomic mass is 9.86. The maximum atomic E-state index is 13.1. The smallest absolute Gasteiger partial charge is 0.251 e. The van der Waals surface area contributed by atoms with Crippen LogP contribution in [0, 0.1) is 17.7 Å². The standard InChI is InChI=1S/C26H34FN3O3/c1-16(2)22(30-24(32)18-8-10-20(11-9-18)26(3,4)5)25(33)29-15-19(23(28)31)14-17-6-12-21(27)13-7-17/h6-13,16,19,22H,14-15H2,1-5H3,(H2,28,31)(H,29,33)(H,30,32). The van der Waals surface area contributed by atoms with E-state index >= 15 is 0 Å². The van der Waals surface area contributed by atoms with Crippen LogP contribution in [0.2, 0.25) is 0 Å². The largest absolute Gasteiger partial charge is 0.369 e. The summed E-state index contributed by atoms with van der Waals surface area (Å²) in [7, 11) is 0. The molecule has 4 N–H and O–H groups in total. The minimum atomic E-state index is -0.779. The van der Waals surface area contributed by atoms with Crippen LogP contribution in [0.15, 0.2) is 48.5 Å². The molecule has 0 fully saturated rings. The normalized spacial score (nSPS) is 13.3. The quantitative estimate of drug-likeness (QED) is 0.540. The number of hydrogen-bond acceptors (Lipinski definition) is 3. The van der Waals surface area contributed by atoms with E-state index in [1.165, 1.54) is 12.1 Å². The van der Waals surface area contributed by atoms with Crippen LogP contribution in [0.4, 0.5) is 4.39 Å². The van der Waals surface area contributed by atoms with E-state index in [0.717, 1.165) is 11.1 Å². The first kappa shape index (κ1) is 26.0. The lowest BCUT2D eigenvalue weighted by Crippen LogP contribution is -2.51. The van der Waals surface area contributed by atoms with Gasteiger partial charge in [0.05, 0.1) is 5.92 Å². The number of amides is 3. The molecule has 0 aromatic heterocycles. The molecule has 0 radical (unpaired) electrons. The summed E-state index contributed by atoms with van der Waals surface area (Å²) < 4.78 is 13.1. The predicted octanol–water partition coefficient (Wildman–Crippen LogP) is 3.34. The summed E-state index contributed by atoms with van der Waals surface area (Å²) in [4.78, 5) is 37.5. The van der Waals surface area contributed by atoms with Crippen molar-refractivity contribution >= 4 is 17.7 Å². The molecular weight excluding hydrogens is 421 g/mol. The van der Waals surface area contributed by atoms with Gasteiger partial charge in [0.15, 0.2) is 0 Å². The van der Waals surface area contributed by atoms with Gasteiger partial charge in [-0.05, 0) is 53.1 Å². The minimum Gasteiger partial charge on any atom is -0.369 e. The summed E-state index contributed by atoms with van der Waals surface area (Å²) in [6.45, 7) is 9.96. The van der Waals surface area contributed by atoms with E-state index in [0.29, 0.717) is 5.56 Å². The Hall–Kier alpha value is -3.22. The highest BCUT2D eigenvalue weighted by Gasteiger charge is 2.26. The van der Waals surface area contributed by atoms with Crippen molar-refractivity contribution in [3.63, 3.8) is 0 Å². The minimum absolute atomic E-state index is 0.0188. The highest BCUT2D eigenvalue weighted by molar-refractivity contribution is 5.97. The zero-order valence-electron chi connectivity index (χ0n) is 19.9. The van der Waals surface area contributed by atoms with Crippen LogP contribution in [-0.2, 0) is 21.4 Å². The number of benzene rings is 2. The summed E-state index contributed by atoms with van der Waals surface area (Å²) in [5.41, 5.74) is 7.79. The van der Waals surface area contributed by atoms with Crippen molar-refractivity contribution in [2.45, 2.75) is 52.5 Å². The van der Waals surface area contributed by atoms with Crippen molar-refractivity contribution in [1.82, 2.24) is 10.6 Å². The number of carbonyl (C=O) groups is 3. The fraction of sp³-hybridized carbons (Fsp3) is 0.423. The van der Waals surface area contributed by atoms with Crippen LogP contribution in [0.5, 0.6) is 0 Å². The maximum absolute atomic E-state index is 13.1. The third kappa shape index (κ3) is 7.70. The van der Waals surface area contributed by atoms with Crippen molar-refractivity contribution in [2.75, 3.05) is 6.54 Å². The number of carbonyl (C=O) groups excluding carboxylic acids is 3. The molecule has 2 unspecified atom stereocenters. The average molecular weight is 456 g/mol. The number of nitrogens with two attached hydrogens (primary N) is 1. The summed E-state index contributed by atoms with van der Waals surface area (Å²) in [6.07, 6.45) is 0.273. The first-order chi connectivity index (χ1) is 15.4. The van der Waals surface area contributed by atoms with E-state index in [1.54, 1.807) is 24.3 Å². The molecule has 6 nitrogen and oxygen atoms in total. The molecule has 0 saturated heterocycles. The molecule has 2 aromatic carbocycles. The van der Waals surface area contributed by atoms with Gasteiger partial charge < -0.3 is 16.4 Å². The second kappa shape index (κ2) is 11.1. The molecular formula is C26H34FN3O3. The van der Waals surface area contributed by atoms with Crippen LogP contribution < -0.4 is 16.4 Å². The van der Waals surface area contributed by atoms with E-state index in [1.807, 2.05) is 26.0 Å². The van der Waals surface area contributed by atoms with Gasteiger partial charge in [-0.15, -0.1) is 0 Å². The van der Waals surface area contributed by atoms with Gasteiger partial charge in [-0.1, -0.05) is 58.9 Å². The van der Waals surface area contributed by atoms with Crippen LogP contribution >= 0.6 is 0 Å². The van der Waals surface area contributed by atoms with Crippen molar-refractivity contribution < 1.29 is 18.8 Å². The van der Waals surface area contributed by atoms with Gasteiger partial charge in [0.25, 0.3) is 5.91 Å². The molecule has 0 bridgehead atoms. The summed E-state index contributed by atoms with van der Waals surface area (Å²) in [6, 6.07) is 12.3. The maximum Gasteiger partial charge on any atom is 0.251 e. The topological polar surface area (TPSA) is 101 Å². The Balaban J connectivity index is 2.02. The average Bonchev–Trinajstić information content (AvgIpc) is 2.74. The molecule has 0 aliphatic carbocycles. The van der Waals surface area contributed by atoms with Gasteiger partial charge >= 0.3 is 0 Å². The predicted molar refractivity (Wildman–Crippen MR) is 127 cm³/mol. The fourth-order valence-electron chi connectivity index (χ4n) is 3.39. The molecule has 0 saturated carbocycles. The summed E-state index contributed by atoms with van der Waals surface area (Å²) in [5, 5.41) is 5.53. The van der Waals surface area contributed by atoms with Gasteiger partial charge in [-0.3, -0.25) is 14.4 Å². The third-order valence-corrected chi connectivity index (χ3v) is 5.57. The fourth-order valence-corrected chi connectivity index (χ4v) is 3.39. The molecule has 2 rings (SSSR count). The number of rotatable bonds is 9.